The SMILES string of the molecule is CC1=C(C(=O)OCC2CCCCC2)C(c2ccccc2[N+](=O)[O-])c2c(C3CCCC3)nn(C)c2N1. The topological polar surface area (TPSA) is 99.3 Å². The average molecular weight is 479 g/mol. The summed E-state index contributed by atoms with van der Waals surface area (Å²) in [7, 11) is 1.89. The number of aryl methyl sites for hydroxylation is 1. The van der Waals surface area contributed by atoms with Crippen molar-refractivity contribution in [2.75, 3.05) is 11.9 Å². The maximum absolute atomic E-state index is 13.6. The third-order valence-corrected chi connectivity index (χ3v) is 7.98. The van der Waals surface area contributed by atoms with Gasteiger partial charge in [0.1, 0.15) is 5.82 Å². The summed E-state index contributed by atoms with van der Waals surface area (Å²) in [4.78, 5) is 25.3. The van der Waals surface area contributed by atoms with E-state index >= 15 is 0 Å². The third kappa shape index (κ3) is 4.46. The standard InChI is InChI=1S/C27H34N4O4/c1-17-22(27(32)35-16-18-10-4-3-5-11-18)23(20-14-8-9-15-21(20)31(33)34)24-25(19-12-6-7-13-19)29-30(2)26(24)28-17/h8-9,14-15,18-19,23,28H,3-7,10-13,16H2,1-2H3. The van der Waals surface area contributed by atoms with Crippen LogP contribution >= 0.6 is 0 Å². The van der Waals surface area contributed by atoms with Crippen LogP contribution in [0.15, 0.2) is 35.5 Å². The third-order valence-electron chi connectivity index (χ3n) is 7.98. The summed E-state index contributed by atoms with van der Waals surface area (Å²) in [6.45, 7) is 2.25. The lowest BCUT2D eigenvalue weighted by molar-refractivity contribution is -0.385. The maximum atomic E-state index is 13.6. The van der Waals surface area contributed by atoms with E-state index in [1.165, 1.54) is 25.3 Å². The van der Waals surface area contributed by atoms with Gasteiger partial charge in [0.15, 0.2) is 0 Å². The number of rotatable bonds is 6. The molecule has 1 atom stereocenters. The van der Waals surface area contributed by atoms with Crippen LogP contribution in [0.1, 0.15) is 93.4 Å². The van der Waals surface area contributed by atoms with E-state index in [9.17, 15) is 14.9 Å². The first-order chi connectivity index (χ1) is 17.0. The second-order valence-corrected chi connectivity index (χ2v) is 10.3. The Hall–Kier alpha value is -3.16. The van der Waals surface area contributed by atoms with E-state index in [1.807, 2.05) is 18.7 Å². The molecular weight excluding hydrogens is 444 g/mol. The number of fused-ring (bicyclic) bond motifs is 1. The van der Waals surface area contributed by atoms with E-state index in [0.717, 1.165) is 55.6 Å². The van der Waals surface area contributed by atoms with Crippen LogP contribution in [-0.2, 0) is 16.6 Å². The number of esters is 1. The summed E-state index contributed by atoms with van der Waals surface area (Å²) >= 11 is 0. The predicted molar refractivity (Wildman–Crippen MR) is 133 cm³/mol. The first-order valence-corrected chi connectivity index (χ1v) is 12.9. The van der Waals surface area contributed by atoms with Gasteiger partial charge in [-0.15, -0.1) is 0 Å². The Kier molecular flexibility index (Phi) is 6.62. The van der Waals surface area contributed by atoms with E-state index in [2.05, 4.69) is 5.32 Å². The van der Waals surface area contributed by atoms with E-state index in [1.54, 1.807) is 18.2 Å². The number of hydrogen-bond acceptors (Lipinski definition) is 6. The number of aromatic nitrogens is 2. The Morgan fingerprint density at radius 3 is 2.54 bits per heavy atom. The highest BCUT2D eigenvalue weighted by Crippen LogP contribution is 2.49. The van der Waals surface area contributed by atoms with Crippen molar-refractivity contribution < 1.29 is 14.5 Å². The summed E-state index contributed by atoms with van der Waals surface area (Å²) < 4.78 is 7.71. The molecule has 1 aliphatic heterocycles. The van der Waals surface area contributed by atoms with Crippen molar-refractivity contribution in [3.8, 4) is 0 Å². The Balaban J connectivity index is 1.60. The second-order valence-electron chi connectivity index (χ2n) is 10.3. The molecule has 8 nitrogen and oxygen atoms in total. The molecule has 1 unspecified atom stereocenters. The monoisotopic (exact) mass is 478 g/mol. The second kappa shape index (κ2) is 9.84. The first-order valence-electron chi connectivity index (χ1n) is 12.9. The number of nitrogens with zero attached hydrogens (tertiary/aromatic N) is 3. The van der Waals surface area contributed by atoms with Gasteiger partial charge in [0.05, 0.1) is 28.7 Å². The number of carbonyl (C=O) groups excluding carboxylic acids is 1. The highest BCUT2D eigenvalue weighted by Gasteiger charge is 2.42. The Labute approximate surface area is 205 Å². The highest BCUT2D eigenvalue weighted by molar-refractivity contribution is 5.95. The zero-order valence-electron chi connectivity index (χ0n) is 20.6. The van der Waals surface area contributed by atoms with E-state index in [-0.39, 0.29) is 16.5 Å². The quantitative estimate of drug-likeness (QED) is 0.313. The number of allylic oxidation sites excluding steroid dienone is 1. The molecule has 2 heterocycles. The number of benzene rings is 1. The number of ether oxygens (including phenoxy) is 1. The van der Waals surface area contributed by atoms with Crippen LogP contribution in [0.3, 0.4) is 0 Å². The number of anilines is 1. The molecule has 2 aliphatic carbocycles. The lowest BCUT2D eigenvalue weighted by Gasteiger charge is -2.30. The van der Waals surface area contributed by atoms with Crippen LogP contribution in [0, 0.1) is 16.0 Å². The summed E-state index contributed by atoms with van der Waals surface area (Å²) in [5.74, 6) is 0.482. The largest absolute Gasteiger partial charge is 0.462 e. The van der Waals surface area contributed by atoms with Gasteiger partial charge in [-0.3, -0.25) is 14.8 Å². The van der Waals surface area contributed by atoms with Crippen molar-refractivity contribution in [2.24, 2.45) is 13.0 Å². The van der Waals surface area contributed by atoms with Crippen LogP contribution in [-0.4, -0.2) is 27.3 Å². The number of hydrogen-bond donors (Lipinski definition) is 1. The van der Waals surface area contributed by atoms with E-state index < -0.39 is 11.9 Å². The minimum absolute atomic E-state index is 0.0111. The molecule has 0 saturated heterocycles. The molecule has 0 radical (unpaired) electrons. The molecule has 0 bridgehead atoms. The molecule has 35 heavy (non-hydrogen) atoms. The first kappa shape index (κ1) is 23.6. The van der Waals surface area contributed by atoms with E-state index in [4.69, 9.17) is 9.84 Å². The molecule has 3 aliphatic rings. The number of nitro groups is 1. The van der Waals surface area contributed by atoms with Gasteiger partial charge in [-0.25, -0.2) is 4.79 Å². The number of nitro benzene ring substituents is 1. The lowest BCUT2D eigenvalue weighted by atomic mass is 9.78. The Bertz CT molecular complexity index is 1160. The van der Waals surface area contributed by atoms with Gasteiger partial charge >= 0.3 is 5.97 Å². The van der Waals surface area contributed by atoms with Crippen LogP contribution in [0.2, 0.25) is 0 Å². The lowest BCUT2D eigenvalue weighted by Crippen LogP contribution is -2.27. The fraction of sp³-hybridized carbons (Fsp3) is 0.556. The molecule has 1 aromatic carbocycles. The number of para-hydroxylation sites is 1. The Morgan fingerprint density at radius 2 is 1.83 bits per heavy atom. The van der Waals surface area contributed by atoms with Crippen molar-refractivity contribution in [1.82, 2.24) is 9.78 Å². The molecule has 5 rings (SSSR count). The van der Waals surface area contributed by atoms with Crippen LogP contribution in [0.5, 0.6) is 0 Å². The summed E-state index contributed by atoms with van der Waals surface area (Å²) in [6.07, 6.45) is 10.1. The summed E-state index contributed by atoms with van der Waals surface area (Å²) in [5.41, 5.74) is 3.46. The van der Waals surface area contributed by atoms with Crippen molar-refractivity contribution in [3.63, 3.8) is 0 Å². The molecular formula is C27H34N4O4. The predicted octanol–water partition coefficient (Wildman–Crippen LogP) is 5.94. The Morgan fingerprint density at radius 1 is 1.14 bits per heavy atom. The van der Waals surface area contributed by atoms with Gasteiger partial charge in [0, 0.05) is 35.9 Å². The fourth-order valence-corrected chi connectivity index (χ4v) is 6.21. The maximum Gasteiger partial charge on any atom is 0.336 e. The minimum atomic E-state index is -0.601. The molecule has 2 aromatic rings. The van der Waals surface area contributed by atoms with Crippen molar-refractivity contribution in [1.29, 1.82) is 0 Å². The highest BCUT2D eigenvalue weighted by atomic mass is 16.6. The fourth-order valence-electron chi connectivity index (χ4n) is 6.21. The van der Waals surface area contributed by atoms with Crippen LogP contribution < -0.4 is 5.32 Å². The number of nitrogens with one attached hydrogen (secondary N) is 1. The average Bonchev–Trinajstić information content (AvgIpc) is 3.51. The summed E-state index contributed by atoms with van der Waals surface area (Å²) in [6, 6.07) is 6.76. The molecule has 2 fully saturated rings. The molecule has 0 amide bonds. The number of carbonyl (C=O) groups is 1. The van der Waals surface area contributed by atoms with Gasteiger partial charge < -0.3 is 10.1 Å². The zero-order chi connectivity index (χ0) is 24.5. The van der Waals surface area contributed by atoms with Crippen molar-refractivity contribution >= 4 is 17.5 Å². The van der Waals surface area contributed by atoms with E-state index in [0.29, 0.717) is 29.4 Å². The van der Waals surface area contributed by atoms with Gasteiger partial charge in [-0.05, 0) is 38.5 Å². The van der Waals surface area contributed by atoms with Crippen LogP contribution in [0.25, 0.3) is 0 Å². The summed E-state index contributed by atoms with van der Waals surface area (Å²) in [5, 5.41) is 20.3. The van der Waals surface area contributed by atoms with Gasteiger partial charge in [0.2, 0.25) is 0 Å². The molecule has 1 N–H and O–H groups in total. The smallest absolute Gasteiger partial charge is 0.336 e. The van der Waals surface area contributed by atoms with Crippen molar-refractivity contribution in [2.45, 2.75) is 76.5 Å². The molecule has 186 valence electrons. The molecule has 0 spiro atoms. The van der Waals surface area contributed by atoms with Gasteiger partial charge in [-0.2, -0.15) is 5.10 Å². The van der Waals surface area contributed by atoms with Gasteiger partial charge in [-0.1, -0.05) is 50.3 Å². The van der Waals surface area contributed by atoms with Crippen LogP contribution in [0.4, 0.5) is 11.5 Å². The zero-order valence-corrected chi connectivity index (χ0v) is 20.6. The molecule has 1 aromatic heterocycles. The van der Waals surface area contributed by atoms with Gasteiger partial charge in [0.25, 0.3) is 5.69 Å². The molecule has 8 heteroatoms. The van der Waals surface area contributed by atoms with Crippen molar-refractivity contribution in [3.05, 3.63) is 62.5 Å². The molecule has 2 saturated carbocycles. The normalized spacial score (nSPS) is 21.0. The minimum Gasteiger partial charge on any atom is -0.462 e.